The lowest BCUT2D eigenvalue weighted by molar-refractivity contribution is 0.669. The lowest BCUT2D eigenvalue weighted by Crippen LogP contribution is -2.25. The lowest BCUT2D eigenvalue weighted by Gasteiger charge is -2.30. The van der Waals surface area contributed by atoms with Gasteiger partial charge in [0.2, 0.25) is 0 Å². The van der Waals surface area contributed by atoms with E-state index in [1.165, 1.54) is 77.9 Å². The summed E-state index contributed by atoms with van der Waals surface area (Å²) in [6, 6.07) is 86.6. The second kappa shape index (κ2) is 15.5. The normalized spacial score (nSPS) is 14.6. The van der Waals surface area contributed by atoms with Crippen molar-refractivity contribution in [2.24, 2.45) is 0 Å². The molecule has 3 aliphatic carbocycles. The van der Waals surface area contributed by atoms with E-state index in [-0.39, 0.29) is 11.3 Å². The molecule has 2 heterocycles. The maximum atomic E-state index is 6.66. The number of rotatable bonds is 5. The highest BCUT2D eigenvalue weighted by atomic mass is 16.3. The fourth-order valence-electron chi connectivity index (χ4n) is 12.8. The first-order chi connectivity index (χ1) is 35.2. The fraction of sp³-hybridized carbons (Fsp3) is 0.0588. The van der Waals surface area contributed by atoms with Crippen molar-refractivity contribution in [3.05, 3.63) is 276 Å². The molecule has 0 N–H and O–H groups in total. The van der Waals surface area contributed by atoms with Gasteiger partial charge in [-0.1, -0.05) is 206 Å². The first kappa shape index (κ1) is 40.0. The summed E-state index contributed by atoms with van der Waals surface area (Å²) in [6.07, 6.45) is 1.98. The number of furan rings is 1. The van der Waals surface area contributed by atoms with Crippen LogP contribution in [0.1, 0.15) is 51.3 Å². The molecule has 0 saturated carbocycles. The third-order valence-corrected chi connectivity index (χ3v) is 15.8. The molecule has 2 aromatic heterocycles. The van der Waals surface area contributed by atoms with E-state index in [0.717, 1.165) is 68.4 Å². The molecule has 0 aliphatic heterocycles. The smallest absolute Gasteiger partial charge is 0.160 e. The van der Waals surface area contributed by atoms with Gasteiger partial charge in [0.15, 0.2) is 5.82 Å². The summed E-state index contributed by atoms with van der Waals surface area (Å²) >= 11 is 0. The Labute approximate surface area is 412 Å². The minimum Gasteiger partial charge on any atom is -0.456 e. The van der Waals surface area contributed by atoms with Crippen molar-refractivity contribution in [2.75, 3.05) is 0 Å². The van der Waals surface area contributed by atoms with E-state index in [0.29, 0.717) is 5.82 Å². The van der Waals surface area contributed by atoms with Crippen LogP contribution >= 0.6 is 0 Å². The van der Waals surface area contributed by atoms with Crippen molar-refractivity contribution in [2.45, 2.75) is 24.2 Å². The van der Waals surface area contributed by atoms with Gasteiger partial charge in [-0.3, -0.25) is 0 Å². The Kier molecular flexibility index (Phi) is 8.76. The van der Waals surface area contributed by atoms with Gasteiger partial charge in [-0.2, -0.15) is 0 Å². The predicted molar refractivity (Wildman–Crippen MR) is 289 cm³/mol. The van der Waals surface area contributed by atoms with Gasteiger partial charge in [-0.25, -0.2) is 9.97 Å². The van der Waals surface area contributed by atoms with Crippen LogP contribution in [0.25, 0.3) is 100 Å². The highest BCUT2D eigenvalue weighted by Gasteiger charge is 2.52. The summed E-state index contributed by atoms with van der Waals surface area (Å²) in [5.74, 6) is 0.924. The molecule has 15 rings (SSSR count). The summed E-state index contributed by atoms with van der Waals surface area (Å²) in [5, 5.41) is 2.10. The van der Waals surface area contributed by atoms with Crippen LogP contribution in [-0.2, 0) is 11.8 Å². The molecule has 1 unspecified atom stereocenters. The van der Waals surface area contributed by atoms with E-state index in [4.69, 9.17) is 14.4 Å². The number of nitrogens with zero attached hydrogens (tertiary/aromatic N) is 2. The van der Waals surface area contributed by atoms with Crippen LogP contribution in [0.3, 0.4) is 0 Å². The Hall–Kier alpha value is -8.92. The maximum absolute atomic E-state index is 6.66. The molecule has 0 bridgehead atoms. The molecule has 1 spiro atoms. The van der Waals surface area contributed by atoms with E-state index < -0.39 is 0 Å². The van der Waals surface area contributed by atoms with E-state index in [1.807, 2.05) is 24.3 Å². The zero-order valence-corrected chi connectivity index (χ0v) is 38.8. The second-order valence-corrected chi connectivity index (χ2v) is 19.4. The van der Waals surface area contributed by atoms with Gasteiger partial charge in [0.25, 0.3) is 0 Å². The number of hydrogen-bond donors (Lipinski definition) is 0. The third kappa shape index (κ3) is 5.90. The van der Waals surface area contributed by atoms with Gasteiger partial charge in [0.1, 0.15) is 11.2 Å². The molecule has 3 aliphatic rings. The van der Waals surface area contributed by atoms with Crippen molar-refractivity contribution in [1.82, 2.24) is 9.97 Å². The van der Waals surface area contributed by atoms with Gasteiger partial charge in [0.05, 0.1) is 16.8 Å². The van der Waals surface area contributed by atoms with E-state index >= 15 is 0 Å². The van der Waals surface area contributed by atoms with Crippen molar-refractivity contribution < 1.29 is 4.42 Å². The molecular weight excluding hydrogens is 861 g/mol. The fourth-order valence-corrected chi connectivity index (χ4v) is 12.8. The van der Waals surface area contributed by atoms with Crippen LogP contribution < -0.4 is 0 Å². The molecule has 3 heteroatoms. The van der Waals surface area contributed by atoms with Crippen LogP contribution in [0.4, 0.5) is 0 Å². The van der Waals surface area contributed by atoms with Crippen LogP contribution in [0.5, 0.6) is 0 Å². The van der Waals surface area contributed by atoms with Crippen LogP contribution in [0.2, 0.25) is 0 Å². The lowest BCUT2D eigenvalue weighted by atomic mass is 9.70. The Morgan fingerprint density at radius 1 is 0.394 bits per heavy atom. The molecule has 12 aromatic rings. The van der Waals surface area contributed by atoms with Crippen LogP contribution in [0.15, 0.2) is 241 Å². The Bertz CT molecular complexity index is 4010. The molecule has 0 saturated heterocycles. The Morgan fingerprint density at radius 3 is 1.75 bits per heavy atom. The standard InChI is InChI=1S/C68H44N2O/c1-4-17-42(18-5-1)47-34-35-52-49(36-37-60-65(52)53-25-12-15-29-59(53)68(60)57-27-13-10-23-50(57)51-24-11-14-28-58(51)68)55-39-45(31-33-48(47)55)46-32-38-63-56(40-46)66-54(26-16-30-64(66)71-63)62-41-61(43-19-6-2-7-20-43)69-67(70-62)44-21-8-3-9-22-44/h1-33,36-41,47H,34-35H2. The Morgan fingerprint density at radius 2 is 1.00 bits per heavy atom. The SMILES string of the molecule is c1ccc(-c2cc(-c3cccc4oc5ccc(-c6ccc7c(c6)-c6ccc8c(c6CCC7c6ccccc6)-c6ccccc6C86c7ccccc7-c7ccccc76)cc5c34)nc(-c3ccccc3)n2)cc1. The van der Waals surface area contributed by atoms with Crippen molar-refractivity contribution in [1.29, 1.82) is 0 Å². The minimum absolute atomic E-state index is 0.235. The molecule has 0 radical (unpaired) electrons. The molecule has 0 amide bonds. The largest absolute Gasteiger partial charge is 0.456 e. The highest BCUT2D eigenvalue weighted by molar-refractivity contribution is 6.13. The van der Waals surface area contributed by atoms with Crippen LogP contribution in [-0.4, -0.2) is 9.97 Å². The van der Waals surface area contributed by atoms with Crippen molar-refractivity contribution >= 4 is 21.9 Å². The first-order valence-corrected chi connectivity index (χ1v) is 24.8. The number of aromatic nitrogens is 2. The summed E-state index contributed by atoms with van der Waals surface area (Å²) < 4.78 is 6.66. The molecule has 1 atom stereocenters. The third-order valence-electron chi connectivity index (χ3n) is 15.8. The average molecular weight is 905 g/mol. The zero-order valence-electron chi connectivity index (χ0n) is 38.8. The first-order valence-electron chi connectivity index (χ1n) is 24.8. The highest BCUT2D eigenvalue weighted by Crippen LogP contribution is 2.64. The van der Waals surface area contributed by atoms with Crippen LogP contribution in [0, 0.1) is 0 Å². The van der Waals surface area contributed by atoms with E-state index in [2.05, 4.69) is 212 Å². The monoisotopic (exact) mass is 904 g/mol. The number of benzene rings is 10. The van der Waals surface area contributed by atoms with Crippen molar-refractivity contribution in [3.63, 3.8) is 0 Å². The van der Waals surface area contributed by atoms with Gasteiger partial charge < -0.3 is 4.42 Å². The van der Waals surface area contributed by atoms with E-state index in [9.17, 15) is 0 Å². The molecule has 0 fully saturated rings. The van der Waals surface area contributed by atoms with Gasteiger partial charge in [-0.05, 0) is 127 Å². The quantitative estimate of drug-likeness (QED) is 0.173. The maximum Gasteiger partial charge on any atom is 0.160 e. The molecular formula is C68H44N2O. The minimum atomic E-state index is -0.385. The average Bonchev–Trinajstić information content (AvgIpc) is 4.04. The summed E-state index contributed by atoms with van der Waals surface area (Å²) in [7, 11) is 0. The number of hydrogen-bond acceptors (Lipinski definition) is 3. The summed E-state index contributed by atoms with van der Waals surface area (Å²) in [5.41, 5.74) is 26.1. The zero-order chi connectivity index (χ0) is 46.6. The molecule has 3 nitrogen and oxygen atoms in total. The van der Waals surface area contributed by atoms with Gasteiger partial charge >= 0.3 is 0 Å². The predicted octanol–water partition coefficient (Wildman–Crippen LogP) is 17.1. The Balaban J connectivity index is 0.926. The van der Waals surface area contributed by atoms with Gasteiger partial charge in [0, 0.05) is 33.4 Å². The molecule has 10 aromatic carbocycles. The topological polar surface area (TPSA) is 38.9 Å². The van der Waals surface area contributed by atoms with Crippen molar-refractivity contribution in [3.8, 4) is 78.4 Å². The number of fused-ring (bicyclic) bond motifs is 17. The van der Waals surface area contributed by atoms with E-state index in [1.54, 1.807) is 0 Å². The summed E-state index contributed by atoms with van der Waals surface area (Å²) in [4.78, 5) is 10.4. The second-order valence-electron chi connectivity index (χ2n) is 19.4. The summed E-state index contributed by atoms with van der Waals surface area (Å²) in [6.45, 7) is 0. The molecule has 71 heavy (non-hydrogen) atoms. The molecule has 332 valence electrons. The van der Waals surface area contributed by atoms with Gasteiger partial charge in [-0.15, -0.1) is 0 Å².